The lowest BCUT2D eigenvalue weighted by molar-refractivity contribution is 0.280. The van der Waals surface area contributed by atoms with Gasteiger partial charge in [0.05, 0.1) is 13.2 Å². The number of aliphatic hydroxyl groups is 2. The van der Waals surface area contributed by atoms with E-state index in [2.05, 4.69) is 15.3 Å². The summed E-state index contributed by atoms with van der Waals surface area (Å²) in [5, 5.41) is 35.0. The predicted octanol–water partition coefficient (Wildman–Crippen LogP) is 0.644. The maximum Gasteiger partial charge on any atom is 0.186 e. The first kappa shape index (κ1) is 13.9. The van der Waals surface area contributed by atoms with Crippen molar-refractivity contribution in [3.63, 3.8) is 0 Å². The molecule has 3 rings (SSSR count). The zero-order chi connectivity index (χ0) is 14.7. The van der Waals surface area contributed by atoms with E-state index in [4.69, 9.17) is 10.2 Å². The van der Waals surface area contributed by atoms with Gasteiger partial charge >= 0.3 is 0 Å². The molecular weight excluding hydrogens is 290 g/mol. The van der Waals surface area contributed by atoms with Crippen LogP contribution >= 0.6 is 11.3 Å². The van der Waals surface area contributed by atoms with Crippen molar-refractivity contribution in [2.45, 2.75) is 0 Å². The molecule has 0 spiro atoms. The fraction of sp³-hybridized carbons (Fsp3) is 0.308. The molecule has 0 radical (unpaired) electrons. The average molecular weight is 305 g/mol. The first-order chi connectivity index (χ1) is 10.3. The molecule has 0 bridgehead atoms. The van der Waals surface area contributed by atoms with Crippen LogP contribution in [0.4, 0.5) is 5.82 Å². The molecule has 0 aliphatic rings. The van der Waals surface area contributed by atoms with Crippen LogP contribution in [0.25, 0.3) is 17.0 Å². The molecule has 110 valence electrons. The summed E-state index contributed by atoms with van der Waals surface area (Å²) in [6, 6.07) is 5.61. The van der Waals surface area contributed by atoms with E-state index in [1.807, 2.05) is 33.9 Å². The summed E-state index contributed by atoms with van der Waals surface area (Å²) in [7, 11) is 0. The third kappa shape index (κ3) is 2.73. The van der Waals surface area contributed by atoms with Gasteiger partial charge in [-0.1, -0.05) is 0 Å². The molecule has 0 saturated heterocycles. The first-order valence-electron chi connectivity index (χ1n) is 6.55. The molecule has 0 aliphatic carbocycles. The number of thiophene rings is 1. The molecule has 3 aromatic rings. The van der Waals surface area contributed by atoms with Crippen LogP contribution in [-0.4, -0.2) is 56.3 Å². The normalized spacial score (nSPS) is 11.1. The lowest BCUT2D eigenvalue weighted by atomic mass is 10.3. The van der Waals surface area contributed by atoms with Crippen molar-refractivity contribution in [1.82, 2.24) is 19.8 Å². The van der Waals surface area contributed by atoms with Gasteiger partial charge in [-0.3, -0.25) is 0 Å². The summed E-state index contributed by atoms with van der Waals surface area (Å²) in [6.07, 6.45) is 0. The van der Waals surface area contributed by atoms with Crippen LogP contribution in [0.3, 0.4) is 0 Å². The van der Waals surface area contributed by atoms with E-state index in [-0.39, 0.29) is 13.2 Å². The number of anilines is 1. The molecule has 2 N–H and O–H groups in total. The number of rotatable bonds is 6. The van der Waals surface area contributed by atoms with Gasteiger partial charge in [0.1, 0.15) is 5.82 Å². The van der Waals surface area contributed by atoms with Crippen molar-refractivity contribution in [3.05, 3.63) is 29.0 Å². The standard InChI is InChI=1S/C13H15N5O2S/c19-6-4-17(5-7-20)12-2-1-11-14-15-13(18(11)16-12)10-3-8-21-9-10/h1-3,8-9,19-20H,4-7H2. The van der Waals surface area contributed by atoms with Crippen LogP contribution in [0.1, 0.15) is 0 Å². The number of aliphatic hydroxyl groups excluding tert-OH is 2. The largest absolute Gasteiger partial charge is 0.395 e. The lowest BCUT2D eigenvalue weighted by Gasteiger charge is -2.21. The maximum absolute atomic E-state index is 9.12. The number of fused-ring (bicyclic) bond motifs is 1. The summed E-state index contributed by atoms with van der Waals surface area (Å²) >= 11 is 1.59. The Morgan fingerprint density at radius 1 is 1.10 bits per heavy atom. The van der Waals surface area contributed by atoms with Gasteiger partial charge < -0.3 is 15.1 Å². The van der Waals surface area contributed by atoms with Gasteiger partial charge in [0.15, 0.2) is 11.5 Å². The molecule has 0 atom stereocenters. The van der Waals surface area contributed by atoms with Crippen molar-refractivity contribution >= 4 is 22.8 Å². The van der Waals surface area contributed by atoms with E-state index in [0.29, 0.717) is 30.4 Å². The van der Waals surface area contributed by atoms with Gasteiger partial charge in [-0.2, -0.15) is 15.9 Å². The summed E-state index contributed by atoms with van der Waals surface area (Å²) < 4.78 is 1.68. The Morgan fingerprint density at radius 3 is 2.57 bits per heavy atom. The van der Waals surface area contributed by atoms with Gasteiger partial charge in [-0.05, 0) is 23.6 Å². The molecule has 0 saturated carbocycles. The summed E-state index contributed by atoms with van der Waals surface area (Å²) in [5.74, 6) is 1.35. The van der Waals surface area contributed by atoms with Gasteiger partial charge in [0.25, 0.3) is 0 Å². The minimum absolute atomic E-state index is 0.000711. The molecule has 0 fully saturated rings. The van der Waals surface area contributed by atoms with Gasteiger partial charge in [0, 0.05) is 24.0 Å². The fourth-order valence-corrected chi connectivity index (χ4v) is 2.74. The van der Waals surface area contributed by atoms with Crippen molar-refractivity contribution in [2.24, 2.45) is 0 Å². The molecule has 0 unspecified atom stereocenters. The number of hydrogen-bond donors (Lipinski definition) is 2. The third-order valence-electron chi connectivity index (χ3n) is 3.09. The monoisotopic (exact) mass is 305 g/mol. The Hall–Kier alpha value is -2.03. The van der Waals surface area contributed by atoms with E-state index < -0.39 is 0 Å². The first-order valence-corrected chi connectivity index (χ1v) is 7.49. The van der Waals surface area contributed by atoms with Gasteiger partial charge in [-0.25, -0.2) is 0 Å². The molecule has 8 heteroatoms. The quantitative estimate of drug-likeness (QED) is 0.695. The van der Waals surface area contributed by atoms with Crippen molar-refractivity contribution < 1.29 is 10.2 Å². The average Bonchev–Trinajstić information content (AvgIpc) is 3.15. The fourth-order valence-electron chi connectivity index (χ4n) is 2.10. The second-order valence-electron chi connectivity index (χ2n) is 4.43. The Balaban J connectivity index is 2.03. The number of hydrogen-bond acceptors (Lipinski definition) is 7. The molecule has 0 aliphatic heterocycles. The van der Waals surface area contributed by atoms with Gasteiger partial charge in [0.2, 0.25) is 0 Å². The maximum atomic E-state index is 9.12. The zero-order valence-corrected chi connectivity index (χ0v) is 12.1. The highest BCUT2D eigenvalue weighted by atomic mass is 32.1. The minimum Gasteiger partial charge on any atom is -0.395 e. The topological polar surface area (TPSA) is 86.8 Å². The smallest absolute Gasteiger partial charge is 0.186 e. The van der Waals surface area contributed by atoms with Crippen LogP contribution < -0.4 is 4.90 Å². The van der Waals surface area contributed by atoms with Crippen LogP contribution in [0.2, 0.25) is 0 Å². The lowest BCUT2D eigenvalue weighted by Crippen LogP contribution is -2.30. The summed E-state index contributed by atoms with van der Waals surface area (Å²) in [5.41, 5.74) is 1.63. The van der Waals surface area contributed by atoms with Crippen LogP contribution in [0.5, 0.6) is 0 Å². The molecular formula is C13H15N5O2S. The Bertz CT molecular complexity index is 707. The highest BCUT2D eigenvalue weighted by Gasteiger charge is 2.13. The van der Waals surface area contributed by atoms with Crippen molar-refractivity contribution in [2.75, 3.05) is 31.2 Å². The number of aromatic nitrogens is 4. The van der Waals surface area contributed by atoms with Crippen LogP contribution in [0.15, 0.2) is 29.0 Å². The SMILES string of the molecule is OCCN(CCO)c1ccc2nnc(-c3ccsc3)n2n1. The van der Waals surface area contributed by atoms with E-state index >= 15 is 0 Å². The molecule has 3 aromatic heterocycles. The van der Waals surface area contributed by atoms with E-state index in [1.165, 1.54) is 0 Å². The number of nitrogens with zero attached hydrogens (tertiary/aromatic N) is 5. The van der Waals surface area contributed by atoms with E-state index in [9.17, 15) is 0 Å². The van der Waals surface area contributed by atoms with Crippen LogP contribution in [-0.2, 0) is 0 Å². The molecule has 0 amide bonds. The van der Waals surface area contributed by atoms with Crippen molar-refractivity contribution in [1.29, 1.82) is 0 Å². The highest BCUT2D eigenvalue weighted by molar-refractivity contribution is 7.08. The van der Waals surface area contributed by atoms with Crippen LogP contribution in [0, 0.1) is 0 Å². The van der Waals surface area contributed by atoms with Crippen molar-refractivity contribution in [3.8, 4) is 11.4 Å². The molecule has 0 aromatic carbocycles. The van der Waals surface area contributed by atoms with E-state index in [1.54, 1.807) is 15.9 Å². The molecule has 7 nitrogen and oxygen atoms in total. The Kier molecular flexibility index (Phi) is 4.09. The molecule has 3 heterocycles. The third-order valence-corrected chi connectivity index (χ3v) is 3.78. The second-order valence-corrected chi connectivity index (χ2v) is 5.21. The molecule has 21 heavy (non-hydrogen) atoms. The second kappa shape index (κ2) is 6.17. The minimum atomic E-state index is -0.000711. The predicted molar refractivity (Wildman–Crippen MR) is 80.5 cm³/mol. The van der Waals surface area contributed by atoms with E-state index in [0.717, 1.165) is 5.56 Å². The Labute approximate surface area is 125 Å². The Morgan fingerprint density at radius 2 is 1.90 bits per heavy atom. The summed E-state index contributed by atoms with van der Waals surface area (Å²) in [6.45, 7) is 0.822. The highest BCUT2D eigenvalue weighted by Crippen LogP contribution is 2.21. The summed E-state index contributed by atoms with van der Waals surface area (Å²) in [4.78, 5) is 1.82. The zero-order valence-electron chi connectivity index (χ0n) is 11.3. The van der Waals surface area contributed by atoms with Gasteiger partial charge in [-0.15, -0.1) is 15.3 Å².